The molecule has 0 saturated heterocycles. The van der Waals surface area contributed by atoms with E-state index in [0.717, 1.165) is 11.3 Å². The fraction of sp³-hybridized carbons (Fsp3) is 0.125. The molecule has 0 amide bonds. The molecule has 0 aromatic heterocycles. The molecule has 4 nitrogen and oxygen atoms in total. The highest BCUT2D eigenvalue weighted by molar-refractivity contribution is 6.33. The molecule has 2 aromatic carbocycles. The van der Waals surface area contributed by atoms with E-state index in [0.29, 0.717) is 10.6 Å². The number of hydrogen-bond donors (Lipinski definition) is 1. The van der Waals surface area contributed by atoms with Crippen LogP contribution < -0.4 is 4.90 Å². The van der Waals surface area contributed by atoms with E-state index < -0.39 is 0 Å². The maximum Gasteiger partial charge on any atom is 0.124 e. The minimum Gasteiger partial charge on any atom is -0.507 e. The first-order chi connectivity index (χ1) is 10.1. The van der Waals surface area contributed by atoms with Crippen LogP contribution in [0.4, 0.5) is 5.69 Å². The van der Waals surface area contributed by atoms with Crippen molar-refractivity contribution in [3.05, 3.63) is 58.6 Å². The van der Waals surface area contributed by atoms with Gasteiger partial charge < -0.3 is 10.0 Å². The second kappa shape index (κ2) is 6.90. The van der Waals surface area contributed by atoms with Crippen molar-refractivity contribution in [1.29, 1.82) is 0 Å². The predicted octanol–water partition coefficient (Wildman–Crippen LogP) is 3.56. The zero-order chi connectivity index (χ0) is 15.2. The molecule has 108 valence electrons. The third-order valence-corrected chi connectivity index (χ3v) is 3.22. The molecule has 0 saturated carbocycles. The zero-order valence-corrected chi connectivity index (χ0v) is 12.6. The summed E-state index contributed by atoms with van der Waals surface area (Å²) in [5.74, 6) is 0.171. The summed E-state index contributed by atoms with van der Waals surface area (Å²) in [6.07, 6.45) is 3.08. The molecule has 0 aliphatic heterocycles. The fourth-order valence-electron chi connectivity index (χ4n) is 1.69. The molecule has 1 N–H and O–H groups in total. The maximum absolute atomic E-state index is 9.58. The molecule has 5 heteroatoms. The van der Waals surface area contributed by atoms with Crippen molar-refractivity contribution in [3.63, 3.8) is 0 Å². The van der Waals surface area contributed by atoms with Gasteiger partial charge in [-0.05, 0) is 30.3 Å². The highest BCUT2D eigenvalue weighted by Gasteiger charge is 2.01. The Kier molecular flexibility index (Phi) is 4.95. The highest BCUT2D eigenvalue weighted by atomic mass is 35.5. The van der Waals surface area contributed by atoms with Crippen molar-refractivity contribution in [1.82, 2.24) is 0 Å². The van der Waals surface area contributed by atoms with Gasteiger partial charge in [0.1, 0.15) is 5.75 Å². The van der Waals surface area contributed by atoms with Gasteiger partial charge in [-0.2, -0.15) is 10.2 Å². The Morgan fingerprint density at radius 2 is 1.67 bits per heavy atom. The van der Waals surface area contributed by atoms with Crippen molar-refractivity contribution >= 4 is 29.7 Å². The van der Waals surface area contributed by atoms with Crippen LogP contribution in [0.2, 0.25) is 5.02 Å². The number of rotatable bonds is 4. The van der Waals surface area contributed by atoms with Crippen LogP contribution in [0.1, 0.15) is 11.1 Å². The lowest BCUT2D eigenvalue weighted by Gasteiger charge is -2.12. The molecule has 0 radical (unpaired) electrons. The smallest absolute Gasteiger partial charge is 0.124 e. The normalized spacial score (nSPS) is 11.4. The first-order valence-corrected chi connectivity index (χ1v) is 6.77. The van der Waals surface area contributed by atoms with Gasteiger partial charge in [-0.3, -0.25) is 0 Å². The summed E-state index contributed by atoms with van der Waals surface area (Å²) in [6.45, 7) is 0. The molecule has 0 aliphatic carbocycles. The van der Waals surface area contributed by atoms with Crippen LogP contribution in [0.25, 0.3) is 0 Å². The number of halogens is 1. The maximum atomic E-state index is 9.58. The molecular weight excluding hydrogens is 286 g/mol. The third-order valence-electron chi connectivity index (χ3n) is 2.90. The van der Waals surface area contributed by atoms with Crippen LogP contribution >= 0.6 is 11.6 Å². The average molecular weight is 302 g/mol. The number of hydrogen-bond acceptors (Lipinski definition) is 4. The number of aromatic hydroxyl groups is 1. The Balaban J connectivity index is 2.10. The van der Waals surface area contributed by atoms with Gasteiger partial charge in [0.15, 0.2) is 0 Å². The predicted molar refractivity (Wildman–Crippen MR) is 89.1 cm³/mol. The van der Waals surface area contributed by atoms with E-state index in [1.807, 2.05) is 43.3 Å². The van der Waals surface area contributed by atoms with Gasteiger partial charge >= 0.3 is 0 Å². The van der Waals surface area contributed by atoms with E-state index in [4.69, 9.17) is 11.6 Å². The summed E-state index contributed by atoms with van der Waals surface area (Å²) in [5.41, 5.74) is 2.43. The summed E-state index contributed by atoms with van der Waals surface area (Å²) in [6, 6.07) is 12.6. The first-order valence-electron chi connectivity index (χ1n) is 6.39. The number of nitrogens with zero attached hydrogens (tertiary/aromatic N) is 3. The molecule has 0 aliphatic rings. The monoisotopic (exact) mass is 301 g/mol. The molecule has 0 spiro atoms. The van der Waals surface area contributed by atoms with Crippen LogP contribution in [0.5, 0.6) is 5.75 Å². The van der Waals surface area contributed by atoms with Crippen molar-refractivity contribution < 1.29 is 5.11 Å². The van der Waals surface area contributed by atoms with Crippen molar-refractivity contribution in [2.24, 2.45) is 10.2 Å². The standard InChI is InChI=1S/C16H16ClN3O/c1-20(2)14-8-7-12(15(17)9-14)10-18-19-11-13-5-3-4-6-16(13)21/h3-11,21H,1-2H3/b18-10-,19-11+. The van der Waals surface area contributed by atoms with Gasteiger partial charge in [0.2, 0.25) is 0 Å². The van der Waals surface area contributed by atoms with Gasteiger partial charge in [0.05, 0.1) is 17.5 Å². The Morgan fingerprint density at radius 1 is 1.00 bits per heavy atom. The SMILES string of the molecule is CN(C)c1ccc(/C=N\N=C\c2ccccc2O)c(Cl)c1. The lowest BCUT2D eigenvalue weighted by Crippen LogP contribution is -2.08. The van der Waals surface area contributed by atoms with E-state index in [1.165, 1.54) is 6.21 Å². The molecule has 21 heavy (non-hydrogen) atoms. The number of anilines is 1. The lowest BCUT2D eigenvalue weighted by molar-refractivity contribution is 0.474. The van der Waals surface area contributed by atoms with Gasteiger partial charge in [-0.25, -0.2) is 0 Å². The van der Waals surface area contributed by atoms with E-state index in [9.17, 15) is 5.11 Å². The molecule has 0 atom stereocenters. The van der Waals surface area contributed by atoms with Gasteiger partial charge in [0.25, 0.3) is 0 Å². The molecule has 0 bridgehead atoms. The summed E-state index contributed by atoms with van der Waals surface area (Å²) >= 11 is 6.18. The number of phenols is 1. The second-order valence-electron chi connectivity index (χ2n) is 4.65. The van der Waals surface area contributed by atoms with Crippen LogP contribution in [-0.2, 0) is 0 Å². The Labute approximate surface area is 129 Å². The Hall–Kier alpha value is -2.33. The minimum atomic E-state index is 0.171. The van der Waals surface area contributed by atoms with E-state index in [1.54, 1.807) is 24.4 Å². The number of benzene rings is 2. The van der Waals surface area contributed by atoms with Gasteiger partial charge in [0, 0.05) is 30.9 Å². The quantitative estimate of drug-likeness (QED) is 0.693. The van der Waals surface area contributed by atoms with Crippen LogP contribution in [0, 0.1) is 0 Å². The van der Waals surface area contributed by atoms with Gasteiger partial charge in [-0.15, -0.1) is 0 Å². The van der Waals surface area contributed by atoms with Crippen molar-refractivity contribution in [2.45, 2.75) is 0 Å². The minimum absolute atomic E-state index is 0.171. The summed E-state index contributed by atoms with van der Waals surface area (Å²) in [5, 5.41) is 18.1. The summed E-state index contributed by atoms with van der Waals surface area (Å²) in [7, 11) is 3.91. The fourth-order valence-corrected chi connectivity index (χ4v) is 1.91. The number of phenolic OH excluding ortho intramolecular Hbond substituents is 1. The molecule has 2 aromatic rings. The average Bonchev–Trinajstić information content (AvgIpc) is 2.46. The van der Waals surface area contributed by atoms with Crippen LogP contribution in [-0.4, -0.2) is 31.6 Å². The third kappa shape index (κ3) is 4.07. The van der Waals surface area contributed by atoms with E-state index >= 15 is 0 Å². The molecule has 0 heterocycles. The summed E-state index contributed by atoms with van der Waals surface area (Å²) in [4.78, 5) is 1.98. The van der Waals surface area contributed by atoms with Crippen LogP contribution in [0.15, 0.2) is 52.7 Å². The lowest BCUT2D eigenvalue weighted by atomic mass is 10.2. The topological polar surface area (TPSA) is 48.2 Å². The van der Waals surface area contributed by atoms with Crippen molar-refractivity contribution in [2.75, 3.05) is 19.0 Å². The highest BCUT2D eigenvalue weighted by Crippen LogP contribution is 2.21. The number of para-hydroxylation sites is 1. The van der Waals surface area contributed by atoms with E-state index in [-0.39, 0.29) is 5.75 Å². The summed E-state index contributed by atoms with van der Waals surface area (Å²) < 4.78 is 0. The Bertz CT molecular complexity index is 681. The Morgan fingerprint density at radius 3 is 2.29 bits per heavy atom. The van der Waals surface area contributed by atoms with Crippen LogP contribution in [0.3, 0.4) is 0 Å². The second-order valence-corrected chi connectivity index (χ2v) is 5.06. The molecular formula is C16H16ClN3O. The zero-order valence-electron chi connectivity index (χ0n) is 11.9. The molecule has 0 fully saturated rings. The molecule has 2 rings (SSSR count). The first kappa shape index (κ1) is 15.1. The van der Waals surface area contributed by atoms with Gasteiger partial charge in [-0.1, -0.05) is 23.7 Å². The van der Waals surface area contributed by atoms with E-state index in [2.05, 4.69) is 10.2 Å². The van der Waals surface area contributed by atoms with Crippen molar-refractivity contribution in [3.8, 4) is 5.75 Å². The largest absolute Gasteiger partial charge is 0.507 e. The molecule has 0 unspecified atom stereocenters.